The quantitative estimate of drug-likeness (QED) is 0.753. The SMILES string of the molecule is CC(Nc1cccc(F)c1F)c1cnc2ccsc2c1. The molecule has 1 unspecified atom stereocenters. The zero-order valence-electron chi connectivity index (χ0n) is 10.7. The Labute approximate surface area is 119 Å². The molecule has 3 rings (SSSR count). The van der Waals surface area contributed by atoms with Gasteiger partial charge in [-0.1, -0.05) is 6.07 Å². The maximum atomic E-state index is 13.6. The molecular weight excluding hydrogens is 278 g/mol. The molecule has 102 valence electrons. The average molecular weight is 290 g/mol. The summed E-state index contributed by atoms with van der Waals surface area (Å²) in [4.78, 5) is 4.35. The van der Waals surface area contributed by atoms with Gasteiger partial charge in [-0.15, -0.1) is 11.3 Å². The van der Waals surface area contributed by atoms with Crippen LogP contribution in [-0.2, 0) is 0 Å². The largest absolute Gasteiger partial charge is 0.376 e. The van der Waals surface area contributed by atoms with Crippen molar-refractivity contribution in [1.29, 1.82) is 0 Å². The van der Waals surface area contributed by atoms with E-state index in [1.807, 2.05) is 24.4 Å². The highest BCUT2D eigenvalue weighted by Gasteiger charge is 2.12. The van der Waals surface area contributed by atoms with Gasteiger partial charge in [0.05, 0.1) is 21.9 Å². The van der Waals surface area contributed by atoms with Crippen LogP contribution < -0.4 is 5.32 Å². The normalized spacial score (nSPS) is 12.6. The van der Waals surface area contributed by atoms with Crippen LogP contribution in [0.3, 0.4) is 0 Å². The van der Waals surface area contributed by atoms with Crippen molar-refractivity contribution >= 4 is 27.2 Å². The first-order valence-corrected chi connectivity index (χ1v) is 7.07. The molecule has 0 aliphatic heterocycles. The van der Waals surface area contributed by atoms with Crippen LogP contribution in [0.15, 0.2) is 41.9 Å². The minimum Gasteiger partial charge on any atom is -0.376 e. The molecule has 0 aliphatic carbocycles. The Kier molecular flexibility index (Phi) is 3.36. The molecule has 0 amide bonds. The summed E-state index contributed by atoms with van der Waals surface area (Å²) in [5, 5.41) is 4.95. The molecule has 3 aromatic rings. The topological polar surface area (TPSA) is 24.9 Å². The van der Waals surface area contributed by atoms with Crippen LogP contribution in [0.4, 0.5) is 14.5 Å². The molecule has 0 fully saturated rings. The number of benzene rings is 1. The first-order chi connectivity index (χ1) is 9.65. The van der Waals surface area contributed by atoms with Crippen molar-refractivity contribution in [2.75, 3.05) is 5.32 Å². The number of nitrogens with one attached hydrogen (secondary N) is 1. The Bertz CT molecular complexity index is 754. The molecule has 5 heteroatoms. The van der Waals surface area contributed by atoms with Crippen LogP contribution in [0, 0.1) is 11.6 Å². The Morgan fingerprint density at radius 1 is 1.25 bits per heavy atom. The van der Waals surface area contributed by atoms with Crippen molar-refractivity contribution < 1.29 is 8.78 Å². The van der Waals surface area contributed by atoms with Gasteiger partial charge < -0.3 is 5.32 Å². The second-order valence-electron chi connectivity index (χ2n) is 4.54. The standard InChI is InChI=1S/C15H12F2N2S/c1-9(19-13-4-2-3-11(16)15(13)17)10-7-14-12(18-8-10)5-6-20-14/h2-9,19H,1H3. The van der Waals surface area contributed by atoms with Gasteiger partial charge in [0.25, 0.3) is 0 Å². The number of rotatable bonds is 3. The number of halogens is 2. The molecule has 2 aromatic heterocycles. The van der Waals surface area contributed by atoms with Crippen LogP contribution in [-0.4, -0.2) is 4.98 Å². The van der Waals surface area contributed by atoms with Crippen molar-refractivity contribution in [3.8, 4) is 0 Å². The van der Waals surface area contributed by atoms with E-state index in [2.05, 4.69) is 10.3 Å². The molecule has 2 heterocycles. The molecule has 20 heavy (non-hydrogen) atoms. The molecule has 1 aromatic carbocycles. The summed E-state index contributed by atoms with van der Waals surface area (Å²) >= 11 is 1.61. The summed E-state index contributed by atoms with van der Waals surface area (Å²) < 4.78 is 27.9. The Balaban J connectivity index is 1.88. The van der Waals surface area contributed by atoms with Crippen molar-refractivity contribution in [2.45, 2.75) is 13.0 Å². The smallest absolute Gasteiger partial charge is 0.181 e. The van der Waals surface area contributed by atoms with Gasteiger partial charge >= 0.3 is 0 Å². The first kappa shape index (κ1) is 13.0. The van der Waals surface area contributed by atoms with E-state index in [4.69, 9.17) is 0 Å². The van der Waals surface area contributed by atoms with Gasteiger partial charge in [0.15, 0.2) is 11.6 Å². The van der Waals surface area contributed by atoms with E-state index in [1.165, 1.54) is 12.1 Å². The van der Waals surface area contributed by atoms with E-state index in [9.17, 15) is 8.78 Å². The number of aromatic nitrogens is 1. The molecule has 0 aliphatic rings. The second kappa shape index (κ2) is 5.17. The number of fused-ring (bicyclic) bond motifs is 1. The predicted molar refractivity (Wildman–Crippen MR) is 78.0 cm³/mol. The minimum atomic E-state index is -0.857. The second-order valence-corrected chi connectivity index (χ2v) is 5.49. The summed E-state index contributed by atoms with van der Waals surface area (Å²) in [7, 11) is 0. The summed E-state index contributed by atoms with van der Waals surface area (Å²) in [6.07, 6.45) is 1.75. The molecular formula is C15H12F2N2S. The third-order valence-corrected chi connectivity index (χ3v) is 4.00. The van der Waals surface area contributed by atoms with Gasteiger partial charge in [-0.3, -0.25) is 4.98 Å². The third-order valence-electron chi connectivity index (χ3n) is 3.15. The monoisotopic (exact) mass is 290 g/mol. The lowest BCUT2D eigenvalue weighted by Gasteiger charge is -2.16. The number of thiophene rings is 1. The summed E-state index contributed by atoms with van der Waals surface area (Å²) in [5.74, 6) is -1.71. The number of anilines is 1. The van der Waals surface area contributed by atoms with Gasteiger partial charge in [-0.2, -0.15) is 0 Å². The lowest BCUT2D eigenvalue weighted by Crippen LogP contribution is -2.08. The lowest BCUT2D eigenvalue weighted by molar-refractivity contribution is 0.510. The van der Waals surface area contributed by atoms with Gasteiger partial charge in [0, 0.05) is 6.20 Å². The van der Waals surface area contributed by atoms with Crippen molar-refractivity contribution in [3.63, 3.8) is 0 Å². The highest BCUT2D eigenvalue weighted by molar-refractivity contribution is 7.17. The summed E-state index contributed by atoms with van der Waals surface area (Å²) in [5.41, 5.74) is 2.04. The highest BCUT2D eigenvalue weighted by Crippen LogP contribution is 2.26. The Hall–Kier alpha value is -2.01. The lowest BCUT2D eigenvalue weighted by atomic mass is 10.1. The fourth-order valence-corrected chi connectivity index (χ4v) is 2.82. The maximum absolute atomic E-state index is 13.6. The van der Waals surface area contributed by atoms with E-state index in [-0.39, 0.29) is 11.7 Å². The van der Waals surface area contributed by atoms with Crippen LogP contribution in [0.5, 0.6) is 0 Å². The van der Waals surface area contributed by atoms with Gasteiger partial charge in [-0.05, 0) is 42.1 Å². The molecule has 0 saturated carbocycles. The molecule has 1 N–H and O–H groups in total. The fourth-order valence-electron chi connectivity index (χ4n) is 2.03. The van der Waals surface area contributed by atoms with Crippen LogP contribution in [0.25, 0.3) is 10.2 Å². The summed E-state index contributed by atoms with van der Waals surface area (Å²) in [6, 6.07) is 7.91. The first-order valence-electron chi connectivity index (χ1n) is 6.19. The van der Waals surface area contributed by atoms with Crippen molar-refractivity contribution in [2.24, 2.45) is 0 Å². The van der Waals surface area contributed by atoms with Gasteiger partial charge in [0.1, 0.15) is 0 Å². The number of nitrogens with zero attached hydrogens (tertiary/aromatic N) is 1. The molecule has 0 saturated heterocycles. The molecule has 2 nitrogen and oxygen atoms in total. The van der Waals surface area contributed by atoms with E-state index in [0.29, 0.717) is 0 Å². The highest BCUT2D eigenvalue weighted by atomic mass is 32.1. The predicted octanol–water partition coefficient (Wildman–Crippen LogP) is 4.75. The van der Waals surface area contributed by atoms with E-state index in [0.717, 1.165) is 21.8 Å². The molecule has 1 atom stereocenters. The fraction of sp³-hybridized carbons (Fsp3) is 0.133. The van der Waals surface area contributed by atoms with E-state index >= 15 is 0 Å². The zero-order valence-corrected chi connectivity index (χ0v) is 11.5. The van der Waals surface area contributed by atoms with Crippen LogP contribution >= 0.6 is 11.3 Å². The van der Waals surface area contributed by atoms with Crippen LogP contribution in [0.1, 0.15) is 18.5 Å². The zero-order chi connectivity index (χ0) is 14.1. The number of hydrogen-bond acceptors (Lipinski definition) is 3. The van der Waals surface area contributed by atoms with Crippen molar-refractivity contribution in [1.82, 2.24) is 4.98 Å². The minimum absolute atomic E-state index is 0.156. The van der Waals surface area contributed by atoms with Crippen LogP contribution in [0.2, 0.25) is 0 Å². The van der Waals surface area contributed by atoms with Gasteiger partial charge in [-0.25, -0.2) is 8.78 Å². The Morgan fingerprint density at radius 2 is 2.10 bits per heavy atom. The Morgan fingerprint density at radius 3 is 2.95 bits per heavy atom. The molecule has 0 bridgehead atoms. The maximum Gasteiger partial charge on any atom is 0.181 e. The van der Waals surface area contributed by atoms with E-state index in [1.54, 1.807) is 17.5 Å². The number of pyridine rings is 1. The third kappa shape index (κ3) is 2.36. The molecule has 0 radical (unpaired) electrons. The molecule has 0 spiro atoms. The van der Waals surface area contributed by atoms with E-state index < -0.39 is 11.6 Å². The average Bonchev–Trinajstić information content (AvgIpc) is 2.91. The summed E-state index contributed by atoms with van der Waals surface area (Å²) in [6.45, 7) is 1.89. The van der Waals surface area contributed by atoms with Crippen molar-refractivity contribution in [3.05, 3.63) is 59.1 Å². The van der Waals surface area contributed by atoms with Gasteiger partial charge in [0.2, 0.25) is 0 Å². The number of hydrogen-bond donors (Lipinski definition) is 1.